The Balaban J connectivity index is 2.07. The van der Waals surface area contributed by atoms with Crippen molar-refractivity contribution < 1.29 is 0 Å². The van der Waals surface area contributed by atoms with Crippen LogP contribution in [-0.4, -0.2) is 9.55 Å². The number of fused-ring (bicyclic) bond motifs is 1. The molecule has 0 N–H and O–H groups in total. The van der Waals surface area contributed by atoms with E-state index in [9.17, 15) is 0 Å². The van der Waals surface area contributed by atoms with Gasteiger partial charge in [-0.1, -0.05) is 60.7 Å². The van der Waals surface area contributed by atoms with Crippen molar-refractivity contribution >= 4 is 12.2 Å². The maximum absolute atomic E-state index is 5.55. The second-order valence-electron chi connectivity index (χ2n) is 5.56. The Morgan fingerprint density at radius 3 is 2.27 bits per heavy atom. The lowest BCUT2D eigenvalue weighted by Gasteiger charge is -2.18. The van der Waals surface area contributed by atoms with E-state index in [1.807, 2.05) is 24.3 Å². The van der Waals surface area contributed by atoms with Crippen molar-refractivity contribution in [3.05, 3.63) is 76.6 Å². The second kappa shape index (κ2) is 5.50. The number of hydrogen-bond acceptors (Lipinski definition) is 2. The van der Waals surface area contributed by atoms with Crippen LogP contribution in [0.4, 0.5) is 0 Å². The fourth-order valence-corrected chi connectivity index (χ4v) is 3.49. The van der Waals surface area contributed by atoms with E-state index in [0.717, 1.165) is 41.0 Å². The molecule has 4 rings (SSSR count). The number of hydrogen-bond donors (Lipinski definition) is 0. The van der Waals surface area contributed by atoms with Crippen molar-refractivity contribution in [2.24, 2.45) is 0 Å². The van der Waals surface area contributed by atoms with Gasteiger partial charge in [0.1, 0.15) is 10.5 Å². The van der Waals surface area contributed by atoms with Crippen LogP contribution >= 0.6 is 12.2 Å². The van der Waals surface area contributed by atoms with Crippen LogP contribution in [-0.2, 0) is 12.8 Å². The zero-order chi connectivity index (χ0) is 14.9. The van der Waals surface area contributed by atoms with E-state index in [2.05, 4.69) is 41.0 Å². The summed E-state index contributed by atoms with van der Waals surface area (Å²) in [6.45, 7) is 0. The molecule has 1 aromatic heterocycles. The van der Waals surface area contributed by atoms with Crippen LogP contribution in [0, 0.1) is 4.64 Å². The zero-order valence-corrected chi connectivity index (χ0v) is 13.0. The van der Waals surface area contributed by atoms with E-state index < -0.39 is 0 Å². The van der Waals surface area contributed by atoms with Crippen LogP contribution in [0.1, 0.15) is 17.7 Å². The number of para-hydroxylation sites is 1. The summed E-state index contributed by atoms with van der Waals surface area (Å²) in [6, 6.07) is 20.8. The van der Waals surface area contributed by atoms with E-state index in [4.69, 9.17) is 17.2 Å². The maximum Gasteiger partial charge on any atom is 0.146 e. The van der Waals surface area contributed by atoms with Gasteiger partial charge in [0.25, 0.3) is 0 Å². The first-order valence-corrected chi connectivity index (χ1v) is 8.01. The predicted octanol–water partition coefficient (Wildman–Crippen LogP) is 4.76. The third-order valence-electron chi connectivity index (χ3n) is 4.18. The summed E-state index contributed by atoms with van der Waals surface area (Å²) in [7, 11) is 0. The van der Waals surface area contributed by atoms with Gasteiger partial charge in [-0.15, -0.1) is 0 Å². The molecule has 2 nitrogen and oxygen atoms in total. The van der Waals surface area contributed by atoms with Crippen molar-refractivity contribution in [3.8, 4) is 17.1 Å². The molecule has 0 unspecified atom stereocenters. The Morgan fingerprint density at radius 1 is 0.864 bits per heavy atom. The Kier molecular flexibility index (Phi) is 3.35. The molecule has 0 bridgehead atoms. The van der Waals surface area contributed by atoms with Crippen LogP contribution in [0.5, 0.6) is 0 Å². The first-order chi connectivity index (χ1) is 10.8. The maximum atomic E-state index is 5.55. The number of rotatable bonds is 2. The number of benzene rings is 2. The van der Waals surface area contributed by atoms with Crippen LogP contribution in [0.3, 0.4) is 0 Å². The van der Waals surface area contributed by atoms with Gasteiger partial charge < -0.3 is 0 Å². The minimum Gasteiger partial charge on any atom is -0.298 e. The molecule has 2 aromatic carbocycles. The molecule has 0 aliphatic heterocycles. The summed E-state index contributed by atoms with van der Waals surface area (Å²) in [5.74, 6) is 0.942. The highest BCUT2D eigenvalue weighted by molar-refractivity contribution is 7.71. The summed E-state index contributed by atoms with van der Waals surface area (Å²) in [5.41, 5.74) is 4.83. The number of aromatic nitrogens is 2. The van der Waals surface area contributed by atoms with E-state index >= 15 is 0 Å². The van der Waals surface area contributed by atoms with Gasteiger partial charge in [-0.3, -0.25) is 4.57 Å². The smallest absolute Gasteiger partial charge is 0.146 e. The standard InChI is InChI=1S/C19H16N2S/c22-19-16-12-7-13-17(16)21(15-10-5-2-6-11-15)18(20-19)14-8-3-1-4-9-14/h1-6,8-11H,7,12-13H2. The van der Waals surface area contributed by atoms with E-state index in [1.165, 1.54) is 11.3 Å². The highest BCUT2D eigenvalue weighted by Gasteiger charge is 2.21. The normalized spacial score (nSPS) is 13.1. The molecule has 0 fully saturated rings. The van der Waals surface area contributed by atoms with Crippen molar-refractivity contribution in [1.29, 1.82) is 0 Å². The zero-order valence-electron chi connectivity index (χ0n) is 12.2. The van der Waals surface area contributed by atoms with Gasteiger partial charge in [-0.2, -0.15) is 0 Å². The van der Waals surface area contributed by atoms with Gasteiger partial charge in [0.05, 0.1) is 0 Å². The second-order valence-corrected chi connectivity index (χ2v) is 5.94. The molecule has 1 aliphatic carbocycles. The van der Waals surface area contributed by atoms with E-state index in [1.54, 1.807) is 0 Å². The lowest BCUT2D eigenvalue weighted by molar-refractivity contribution is 0.861. The SMILES string of the molecule is S=c1nc(-c2ccccc2)n(-c2ccccc2)c2c1CCC2. The highest BCUT2D eigenvalue weighted by Crippen LogP contribution is 2.30. The molecule has 3 aromatic rings. The summed E-state index contributed by atoms with van der Waals surface area (Å²) in [5, 5.41) is 0. The molecule has 0 saturated heterocycles. The van der Waals surface area contributed by atoms with Crippen molar-refractivity contribution in [2.75, 3.05) is 0 Å². The van der Waals surface area contributed by atoms with Crippen LogP contribution in [0.2, 0.25) is 0 Å². The molecule has 108 valence electrons. The topological polar surface area (TPSA) is 17.8 Å². The summed E-state index contributed by atoms with van der Waals surface area (Å²) in [6.07, 6.45) is 3.27. The molecular formula is C19H16N2S. The first kappa shape index (κ1) is 13.4. The number of nitrogens with zero attached hydrogens (tertiary/aromatic N) is 2. The van der Waals surface area contributed by atoms with Gasteiger partial charge >= 0.3 is 0 Å². The quantitative estimate of drug-likeness (QED) is 0.635. The molecule has 0 amide bonds. The minimum atomic E-state index is 0.763. The van der Waals surface area contributed by atoms with Gasteiger partial charge in [-0.25, -0.2) is 4.98 Å². The molecule has 0 spiro atoms. The van der Waals surface area contributed by atoms with E-state index in [0.29, 0.717) is 0 Å². The molecule has 0 saturated carbocycles. The lowest BCUT2D eigenvalue weighted by atomic mass is 10.1. The fourth-order valence-electron chi connectivity index (χ4n) is 3.18. The third kappa shape index (κ3) is 2.18. The van der Waals surface area contributed by atoms with Crippen molar-refractivity contribution in [3.63, 3.8) is 0 Å². The third-order valence-corrected chi connectivity index (χ3v) is 4.52. The Morgan fingerprint density at radius 2 is 1.55 bits per heavy atom. The molecule has 0 radical (unpaired) electrons. The minimum absolute atomic E-state index is 0.763. The summed E-state index contributed by atoms with van der Waals surface area (Å²) >= 11 is 5.55. The Bertz CT molecular complexity index is 867. The summed E-state index contributed by atoms with van der Waals surface area (Å²) in [4.78, 5) is 4.77. The molecule has 1 heterocycles. The molecular weight excluding hydrogens is 288 g/mol. The van der Waals surface area contributed by atoms with Crippen LogP contribution < -0.4 is 0 Å². The molecule has 22 heavy (non-hydrogen) atoms. The average molecular weight is 304 g/mol. The average Bonchev–Trinajstić information content (AvgIpc) is 3.06. The summed E-state index contributed by atoms with van der Waals surface area (Å²) < 4.78 is 3.05. The lowest BCUT2D eigenvalue weighted by Crippen LogP contribution is -2.10. The largest absolute Gasteiger partial charge is 0.298 e. The van der Waals surface area contributed by atoms with E-state index in [-0.39, 0.29) is 0 Å². The van der Waals surface area contributed by atoms with Crippen LogP contribution in [0.25, 0.3) is 17.1 Å². The van der Waals surface area contributed by atoms with Crippen molar-refractivity contribution in [1.82, 2.24) is 9.55 Å². The van der Waals surface area contributed by atoms with Crippen LogP contribution in [0.15, 0.2) is 60.7 Å². The Labute approximate surface area is 135 Å². The van der Waals surface area contributed by atoms with Gasteiger partial charge in [0.2, 0.25) is 0 Å². The molecule has 3 heteroatoms. The first-order valence-electron chi connectivity index (χ1n) is 7.60. The van der Waals surface area contributed by atoms with Gasteiger partial charge in [0, 0.05) is 22.5 Å². The fraction of sp³-hybridized carbons (Fsp3) is 0.158. The Hall–Kier alpha value is -2.26. The van der Waals surface area contributed by atoms with Gasteiger partial charge in [-0.05, 0) is 31.4 Å². The highest BCUT2D eigenvalue weighted by atomic mass is 32.1. The van der Waals surface area contributed by atoms with Crippen molar-refractivity contribution in [2.45, 2.75) is 19.3 Å². The monoisotopic (exact) mass is 304 g/mol. The molecule has 1 aliphatic rings. The van der Waals surface area contributed by atoms with Gasteiger partial charge in [0.15, 0.2) is 0 Å². The predicted molar refractivity (Wildman–Crippen MR) is 91.9 cm³/mol. The molecule has 0 atom stereocenters.